The lowest BCUT2D eigenvalue weighted by molar-refractivity contribution is -0.161. The SMILES string of the molecule is CC/C=C\C/C=C\C/C=C\C/C=C\C/C=C\C/C=C\CCCCCCCCCCCCCCCCCCC(=O)OCC(O)COP(=O)(O)OCC(O)COP(=O)(O)OCC(COC(=O)CCCCCCCCCCCCCCCCCCC/C=C\C/C=C\C/C=C\C/C=C\C/C=C\CC)OC(=O)CCCCCCC/C=C\CCCCCCCC. The number of esters is 3. The van der Waals surface area contributed by atoms with Gasteiger partial charge in [-0.05, 0) is 141 Å². The van der Waals surface area contributed by atoms with Crippen LogP contribution >= 0.6 is 15.6 Å². The largest absolute Gasteiger partial charge is 0.472 e. The third kappa shape index (κ3) is 94.0. The highest BCUT2D eigenvalue weighted by atomic mass is 31.2. The Kier molecular flexibility index (Phi) is 89.1. The molecule has 0 radical (unpaired) electrons. The monoisotopic (exact) mass is 1710 g/mol. The van der Waals surface area contributed by atoms with Gasteiger partial charge in [-0.2, -0.15) is 0 Å². The molecule has 0 bridgehead atoms. The molecule has 0 aromatic heterocycles. The van der Waals surface area contributed by atoms with Gasteiger partial charge in [0.25, 0.3) is 0 Å². The van der Waals surface area contributed by atoms with Crippen LogP contribution in [0.25, 0.3) is 0 Å². The molecule has 0 saturated carbocycles. The van der Waals surface area contributed by atoms with Crippen LogP contribution in [0.4, 0.5) is 0 Å². The number of phosphoric ester groups is 2. The molecule has 0 heterocycles. The van der Waals surface area contributed by atoms with Crippen LogP contribution in [-0.2, 0) is 55.8 Å². The Labute approximate surface area is 728 Å². The van der Waals surface area contributed by atoms with E-state index >= 15 is 0 Å². The van der Waals surface area contributed by atoms with Gasteiger partial charge in [-0.15, -0.1) is 0 Å². The van der Waals surface area contributed by atoms with Crippen LogP contribution in [0.1, 0.15) is 419 Å². The first-order chi connectivity index (χ1) is 58.2. The Bertz CT molecular complexity index is 2740. The van der Waals surface area contributed by atoms with E-state index in [9.17, 15) is 43.5 Å². The summed E-state index contributed by atoms with van der Waals surface area (Å²) in [6.45, 7) is 2.51. The number of rotatable bonds is 91. The quantitative estimate of drug-likeness (QED) is 0.0146. The fraction of sp³-hybridized carbons (Fsp3) is 0.733. The molecule has 0 rings (SSSR count). The van der Waals surface area contributed by atoms with Crippen molar-refractivity contribution in [2.45, 2.75) is 437 Å². The molecule has 18 heteroatoms. The molecule has 686 valence electrons. The Morgan fingerprint density at radius 1 is 0.244 bits per heavy atom. The molecule has 0 amide bonds. The van der Waals surface area contributed by atoms with Gasteiger partial charge < -0.3 is 34.2 Å². The predicted octanol–water partition coefficient (Wildman–Crippen LogP) is 29.9. The van der Waals surface area contributed by atoms with Crippen molar-refractivity contribution in [3.63, 3.8) is 0 Å². The Balaban J connectivity index is 4.41. The summed E-state index contributed by atoms with van der Waals surface area (Å²) < 4.78 is 61.5. The second kappa shape index (κ2) is 92.6. The van der Waals surface area contributed by atoms with E-state index in [4.69, 9.17) is 32.3 Å². The second-order valence-corrected chi connectivity index (χ2v) is 35.0. The van der Waals surface area contributed by atoms with Gasteiger partial charge in [-0.3, -0.25) is 32.5 Å². The number of unbranched alkanes of at least 4 members (excludes halogenated alkanes) is 44. The molecule has 5 unspecified atom stereocenters. The van der Waals surface area contributed by atoms with Gasteiger partial charge in [0.2, 0.25) is 0 Å². The zero-order valence-corrected chi connectivity index (χ0v) is 77.5. The van der Waals surface area contributed by atoms with Crippen LogP contribution < -0.4 is 0 Å². The van der Waals surface area contributed by atoms with Gasteiger partial charge in [0.05, 0.1) is 26.4 Å². The van der Waals surface area contributed by atoms with Gasteiger partial charge in [0.15, 0.2) is 6.10 Å². The van der Waals surface area contributed by atoms with Crippen LogP contribution in [-0.4, -0.2) is 95.9 Å². The standard InChI is InChI=1S/C101H176O16P2/c1-4-7-10-13-16-19-22-25-28-30-32-34-36-38-40-42-44-46-47-49-51-52-54-56-58-60-62-64-67-69-72-75-78-81-84-87-99(104)111-90-96(102)91-113-118(107,108)114-92-97(103)93-115-119(109,110)116-95-98(117-101(106)89-86-83-80-77-74-71-66-27-24-21-18-15-12-9-6-3)94-112-100(105)88-85-82-79-76-73-70-68-65-63-61-59-57-55-53-50-48-45-43-41-39-37-35-33-31-29-26-23-20-17-14-11-8-5-2/h7-8,10-11,16-17,19-20,25-29,32-35,38-41,44,46,66,96-98,102-103H,4-6,9,12-15,18,21-24,30-31,36-37,42-43,45,47-65,67-95H2,1-3H3,(H,107,108)(H,109,110)/b10-7-,11-8-,19-16-,20-17-,28-25-,29-26-,34-32-,35-33-,40-38-,41-39-,46-44-,66-27-. The zero-order chi connectivity index (χ0) is 86.5. The van der Waals surface area contributed by atoms with E-state index in [0.29, 0.717) is 19.3 Å². The topological polar surface area (TPSA) is 231 Å². The number of aliphatic hydroxyl groups is 2. The van der Waals surface area contributed by atoms with E-state index in [1.807, 2.05) is 0 Å². The highest BCUT2D eigenvalue weighted by Crippen LogP contribution is 2.45. The third-order valence-corrected chi connectivity index (χ3v) is 22.4. The van der Waals surface area contributed by atoms with Crippen LogP contribution in [0.15, 0.2) is 146 Å². The van der Waals surface area contributed by atoms with Gasteiger partial charge >= 0.3 is 33.6 Å². The lowest BCUT2D eigenvalue weighted by Gasteiger charge is -2.21. The molecule has 0 aromatic rings. The van der Waals surface area contributed by atoms with Crippen molar-refractivity contribution in [3.8, 4) is 0 Å². The maximum Gasteiger partial charge on any atom is 0.472 e. The molecule has 0 saturated heterocycles. The fourth-order valence-electron chi connectivity index (χ4n) is 13.3. The lowest BCUT2D eigenvalue weighted by Crippen LogP contribution is -2.30. The minimum Gasteiger partial charge on any atom is -0.463 e. The fourth-order valence-corrected chi connectivity index (χ4v) is 14.9. The van der Waals surface area contributed by atoms with Gasteiger partial charge in [-0.25, -0.2) is 9.13 Å². The van der Waals surface area contributed by atoms with E-state index in [1.54, 1.807) is 0 Å². The number of allylic oxidation sites excluding steroid dienone is 24. The average Bonchev–Trinajstić information content (AvgIpc) is 0.898. The minimum atomic E-state index is -4.94. The van der Waals surface area contributed by atoms with Crippen LogP contribution in [0.2, 0.25) is 0 Å². The number of aliphatic hydroxyl groups excluding tert-OH is 2. The summed E-state index contributed by atoms with van der Waals surface area (Å²) in [5, 5.41) is 20.7. The van der Waals surface area contributed by atoms with E-state index in [-0.39, 0.29) is 19.3 Å². The van der Waals surface area contributed by atoms with Crippen molar-refractivity contribution in [1.82, 2.24) is 0 Å². The van der Waals surface area contributed by atoms with E-state index < -0.39 is 91.5 Å². The number of hydrogen-bond donors (Lipinski definition) is 4. The van der Waals surface area contributed by atoms with E-state index in [2.05, 4.69) is 167 Å². The molecule has 16 nitrogen and oxygen atoms in total. The summed E-state index contributed by atoms with van der Waals surface area (Å²) in [5.74, 6) is -1.56. The molecule has 0 fully saturated rings. The summed E-state index contributed by atoms with van der Waals surface area (Å²) in [5.41, 5.74) is 0. The smallest absolute Gasteiger partial charge is 0.463 e. The van der Waals surface area contributed by atoms with Crippen molar-refractivity contribution in [2.24, 2.45) is 0 Å². The second-order valence-electron chi connectivity index (χ2n) is 32.1. The van der Waals surface area contributed by atoms with E-state index in [1.165, 1.54) is 212 Å². The Hall–Kier alpha value is -4.57. The van der Waals surface area contributed by atoms with Crippen LogP contribution in [0, 0.1) is 0 Å². The molecule has 0 aliphatic carbocycles. The first kappa shape index (κ1) is 114. The van der Waals surface area contributed by atoms with Crippen molar-refractivity contribution in [2.75, 3.05) is 39.6 Å². The van der Waals surface area contributed by atoms with Crippen molar-refractivity contribution < 1.29 is 75.8 Å². The maximum absolute atomic E-state index is 13.0. The van der Waals surface area contributed by atoms with Crippen molar-refractivity contribution in [1.29, 1.82) is 0 Å². The number of hydrogen-bond acceptors (Lipinski definition) is 14. The average molecular weight is 1710 g/mol. The first-order valence-electron chi connectivity index (χ1n) is 48.1. The lowest BCUT2D eigenvalue weighted by atomic mass is 10.0. The predicted molar refractivity (Wildman–Crippen MR) is 500 cm³/mol. The number of ether oxygens (including phenoxy) is 3. The molecule has 0 aliphatic rings. The summed E-state index contributed by atoms with van der Waals surface area (Å²) in [4.78, 5) is 59.0. The number of phosphoric acid groups is 2. The number of carbonyl (C=O) groups excluding carboxylic acids is 3. The molecule has 119 heavy (non-hydrogen) atoms. The molecule has 0 aliphatic heterocycles. The molecule has 4 N–H and O–H groups in total. The summed E-state index contributed by atoms with van der Waals surface area (Å²) in [6.07, 6.45) is 118. The summed E-state index contributed by atoms with van der Waals surface area (Å²) in [7, 11) is -9.80. The van der Waals surface area contributed by atoms with Crippen LogP contribution in [0.5, 0.6) is 0 Å². The summed E-state index contributed by atoms with van der Waals surface area (Å²) in [6, 6.07) is 0. The van der Waals surface area contributed by atoms with Crippen molar-refractivity contribution in [3.05, 3.63) is 146 Å². The van der Waals surface area contributed by atoms with Crippen LogP contribution in [0.3, 0.4) is 0 Å². The minimum absolute atomic E-state index is 0.0960. The molecule has 0 spiro atoms. The number of carbonyl (C=O) groups is 3. The van der Waals surface area contributed by atoms with Gasteiger partial charge in [0.1, 0.15) is 25.4 Å². The normalized spacial score (nSPS) is 14.4. The highest BCUT2D eigenvalue weighted by molar-refractivity contribution is 7.47. The molecular formula is C101H176O16P2. The third-order valence-electron chi connectivity index (χ3n) is 20.5. The van der Waals surface area contributed by atoms with Crippen molar-refractivity contribution >= 4 is 33.6 Å². The van der Waals surface area contributed by atoms with E-state index in [0.717, 1.165) is 148 Å². The first-order valence-corrected chi connectivity index (χ1v) is 51.1. The maximum atomic E-state index is 13.0. The Morgan fingerprint density at radius 2 is 0.445 bits per heavy atom. The molecule has 0 aromatic carbocycles. The van der Waals surface area contributed by atoms with Gasteiger partial charge in [0, 0.05) is 19.3 Å². The van der Waals surface area contributed by atoms with Gasteiger partial charge in [-0.1, -0.05) is 404 Å². The zero-order valence-electron chi connectivity index (χ0n) is 75.8. The highest BCUT2D eigenvalue weighted by Gasteiger charge is 2.30. The summed E-state index contributed by atoms with van der Waals surface area (Å²) >= 11 is 0. The molecule has 5 atom stereocenters. The molecular weight excluding hydrogens is 1530 g/mol. The Morgan fingerprint density at radius 3 is 0.714 bits per heavy atom.